The minimum Gasteiger partial charge on any atom is -0.391 e. The van der Waals surface area contributed by atoms with Crippen LogP contribution < -0.4 is 10.6 Å². The SMILES string of the molecule is CCC(C)NC(=O)C(C)NCCC(O)COC. The first-order chi connectivity index (χ1) is 8.01. The molecule has 0 aromatic rings. The van der Waals surface area contributed by atoms with Crippen molar-refractivity contribution in [3.05, 3.63) is 0 Å². The van der Waals surface area contributed by atoms with E-state index in [-0.39, 0.29) is 18.0 Å². The van der Waals surface area contributed by atoms with E-state index in [2.05, 4.69) is 10.6 Å². The van der Waals surface area contributed by atoms with Gasteiger partial charge in [0.15, 0.2) is 0 Å². The van der Waals surface area contributed by atoms with Gasteiger partial charge in [-0.3, -0.25) is 4.79 Å². The molecule has 0 aromatic carbocycles. The van der Waals surface area contributed by atoms with Crippen LogP contribution in [0.1, 0.15) is 33.6 Å². The maximum atomic E-state index is 11.7. The van der Waals surface area contributed by atoms with Crippen LogP contribution in [-0.2, 0) is 9.53 Å². The first-order valence-corrected chi connectivity index (χ1v) is 6.22. The summed E-state index contributed by atoms with van der Waals surface area (Å²) in [6.07, 6.45) is 1.03. The Hall–Kier alpha value is -0.650. The number of amides is 1. The van der Waals surface area contributed by atoms with Crippen LogP contribution in [0.5, 0.6) is 0 Å². The second-order valence-corrected chi connectivity index (χ2v) is 4.39. The topological polar surface area (TPSA) is 70.6 Å². The Labute approximate surface area is 104 Å². The van der Waals surface area contributed by atoms with Crippen molar-refractivity contribution in [2.45, 2.75) is 51.8 Å². The molecule has 17 heavy (non-hydrogen) atoms. The van der Waals surface area contributed by atoms with Gasteiger partial charge < -0.3 is 20.5 Å². The third-order valence-electron chi connectivity index (χ3n) is 2.68. The molecule has 0 aliphatic heterocycles. The zero-order valence-corrected chi connectivity index (χ0v) is 11.3. The lowest BCUT2D eigenvalue weighted by molar-refractivity contribution is -0.123. The molecule has 0 radical (unpaired) electrons. The molecule has 3 N–H and O–H groups in total. The highest BCUT2D eigenvalue weighted by Gasteiger charge is 2.14. The number of hydrogen-bond donors (Lipinski definition) is 3. The van der Waals surface area contributed by atoms with Gasteiger partial charge in [-0.2, -0.15) is 0 Å². The van der Waals surface area contributed by atoms with Gasteiger partial charge in [0.1, 0.15) is 0 Å². The van der Waals surface area contributed by atoms with E-state index in [0.29, 0.717) is 19.6 Å². The molecule has 3 unspecified atom stereocenters. The van der Waals surface area contributed by atoms with E-state index in [1.807, 2.05) is 20.8 Å². The van der Waals surface area contributed by atoms with Crippen LogP contribution in [0.3, 0.4) is 0 Å². The Morgan fingerprint density at radius 2 is 2.06 bits per heavy atom. The monoisotopic (exact) mass is 246 g/mol. The van der Waals surface area contributed by atoms with E-state index < -0.39 is 6.10 Å². The van der Waals surface area contributed by atoms with Crippen LogP contribution in [0, 0.1) is 0 Å². The molecular formula is C12H26N2O3. The van der Waals surface area contributed by atoms with E-state index in [1.165, 1.54) is 0 Å². The third kappa shape index (κ3) is 8.12. The Balaban J connectivity index is 3.70. The lowest BCUT2D eigenvalue weighted by Gasteiger charge is -2.18. The second-order valence-electron chi connectivity index (χ2n) is 4.39. The maximum absolute atomic E-state index is 11.7. The first kappa shape index (κ1) is 16.4. The van der Waals surface area contributed by atoms with Gasteiger partial charge in [0.25, 0.3) is 0 Å². The minimum atomic E-state index is -0.475. The molecule has 0 saturated carbocycles. The van der Waals surface area contributed by atoms with Gasteiger partial charge in [-0.25, -0.2) is 0 Å². The highest BCUT2D eigenvalue weighted by atomic mass is 16.5. The molecule has 102 valence electrons. The Bertz CT molecular complexity index is 212. The molecule has 3 atom stereocenters. The predicted octanol–water partition coefficient (Wildman–Crippen LogP) is 0.277. The van der Waals surface area contributed by atoms with E-state index >= 15 is 0 Å². The van der Waals surface area contributed by atoms with Crippen molar-refractivity contribution in [3.63, 3.8) is 0 Å². The Morgan fingerprint density at radius 3 is 2.59 bits per heavy atom. The average Bonchev–Trinajstić information content (AvgIpc) is 2.28. The number of hydrogen-bond acceptors (Lipinski definition) is 4. The molecule has 0 aromatic heterocycles. The number of ether oxygens (including phenoxy) is 1. The second kappa shape index (κ2) is 9.39. The van der Waals surface area contributed by atoms with E-state index in [4.69, 9.17) is 4.74 Å². The maximum Gasteiger partial charge on any atom is 0.237 e. The Kier molecular flexibility index (Phi) is 9.03. The standard InChI is InChI=1S/C12H26N2O3/c1-5-9(2)14-12(16)10(3)13-7-6-11(15)8-17-4/h9-11,13,15H,5-8H2,1-4H3,(H,14,16). The zero-order valence-electron chi connectivity index (χ0n) is 11.3. The van der Waals surface area contributed by atoms with Gasteiger partial charge in [0.2, 0.25) is 5.91 Å². The number of rotatable bonds is 9. The van der Waals surface area contributed by atoms with Crippen molar-refractivity contribution in [3.8, 4) is 0 Å². The van der Waals surface area contributed by atoms with Crippen molar-refractivity contribution in [1.29, 1.82) is 0 Å². The van der Waals surface area contributed by atoms with Crippen molar-refractivity contribution in [2.24, 2.45) is 0 Å². The van der Waals surface area contributed by atoms with Gasteiger partial charge in [-0.05, 0) is 33.2 Å². The van der Waals surface area contributed by atoms with Crippen molar-refractivity contribution < 1.29 is 14.6 Å². The molecule has 0 fully saturated rings. The summed E-state index contributed by atoms with van der Waals surface area (Å²) in [6, 6.07) is -0.0374. The van der Waals surface area contributed by atoms with E-state index in [0.717, 1.165) is 6.42 Å². The Morgan fingerprint density at radius 1 is 1.41 bits per heavy atom. The molecule has 0 spiro atoms. The molecule has 5 nitrogen and oxygen atoms in total. The fourth-order valence-electron chi connectivity index (χ4n) is 1.30. The highest BCUT2D eigenvalue weighted by Crippen LogP contribution is 1.93. The highest BCUT2D eigenvalue weighted by molar-refractivity contribution is 5.81. The molecule has 0 rings (SSSR count). The number of carbonyl (C=O) groups is 1. The molecule has 0 heterocycles. The van der Waals surface area contributed by atoms with Crippen molar-refractivity contribution >= 4 is 5.91 Å². The number of nitrogens with one attached hydrogen (secondary N) is 2. The van der Waals surface area contributed by atoms with Gasteiger partial charge in [0.05, 0.1) is 18.8 Å². The predicted molar refractivity (Wildman–Crippen MR) is 67.9 cm³/mol. The average molecular weight is 246 g/mol. The fourth-order valence-corrected chi connectivity index (χ4v) is 1.30. The molecule has 0 aliphatic carbocycles. The molecule has 1 amide bonds. The van der Waals surface area contributed by atoms with E-state index in [9.17, 15) is 9.90 Å². The first-order valence-electron chi connectivity index (χ1n) is 6.22. The molecule has 0 aliphatic rings. The van der Waals surface area contributed by atoms with Crippen molar-refractivity contribution in [1.82, 2.24) is 10.6 Å². The molecule has 0 bridgehead atoms. The smallest absolute Gasteiger partial charge is 0.237 e. The van der Waals surface area contributed by atoms with Crippen LogP contribution in [0.4, 0.5) is 0 Å². The summed E-state index contributed by atoms with van der Waals surface area (Å²) in [5.41, 5.74) is 0. The van der Waals surface area contributed by atoms with Gasteiger partial charge in [-0.15, -0.1) is 0 Å². The fraction of sp³-hybridized carbons (Fsp3) is 0.917. The van der Waals surface area contributed by atoms with Gasteiger partial charge >= 0.3 is 0 Å². The lowest BCUT2D eigenvalue weighted by Crippen LogP contribution is -2.46. The summed E-state index contributed by atoms with van der Waals surface area (Å²) in [5, 5.41) is 15.4. The zero-order chi connectivity index (χ0) is 13.3. The number of carbonyl (C=O) groups excluding carboxylic acids is 1. The summed E-state index contributed by atoms with van der Waals surface area (Å²) in [6.45, 7) is 6.76. The largest absolute Gasteiger partial charge is 0.391 e. The molecule has 5 heteroatoms. The van der Waals surface area contributed by atoms with Crippen LogP contribution >= 0.6 is 0 Å². The van der Waals surface area contributed by atoms with Crippen LogP contribution in [-0.4, -0.2) is 49.5 Å². The number of aliphatic hydroxyl groups excluding tert-OH is 1. The molecular weight excluding hydrogens is 220 g/mol. The van der Waals surface area contributed by atoms with Gasteiger partial charge in [-0.1, -0.05) is 6.92 Å². The normalized spacial score (nSPS) is 16.3. The van der Waals surface area contributed by atoms with Crippen LogP contribution in [0.2, 0.25) is 0 Å². The van der Waals surface area contributed by atoms with Gasteiger partial charge in [0, 0.05) is 13.2 Å². The number of aliphatic hydroxyl groups is 1. The number of methoxy groups -OCH3 is 1. The summed E-state index contributed by atoms with van der Waals surface area (Å²) >= 11 is 0. The quantitative estimate of drug-likeness (QED) is 0.546. The summed E-state index contributed by atoms with van der Waals surface area (Å²) in [7, 11) is 1.55. The summed E-state index contributed by atoms with van der Waals surface area (Å²) < 4.78 is 4.82. The summed E-state index contributed by atoms with van der Waals surface area (Å²) in [5.74, 6) is 0.000538. The van der Waals surface area contributed by atoms with Crippen molar-refractivity contribution in [2.75, 3.05) is 20.3 Å². The van der Waals surface area contributed by atoms with E-state index in [1.54, 1.807) is 7.11 Å². The third-order valence-corrected chi connectivity index (χ3v) is 2.68. The summed E-state index contributed by atoms with van der Waals surface area (Å²) in [4.78, 5) is 11.7. The minimum absolute atomic E-state index is 0.000538. The van der Waals surface area contributed by atoms with Crippen LogP contribution in [0.25, 0.3) is 0 Å². The lowest BCUT2D eigenvalue weighted by atomic mass is 10.2. The molecule has 0 saturated heterocycles. The van der Waals surface area contributed by atoms with Crippen LogP contribution in [0.15, 0.2) is 0 Å².